The molecule has 0 aromatic heterocycles. The Morgan fingerprint density at radius 3 is 2.38 bits per heavy atom. The van der Waals surface area contributed by atoms with E-state index in [1.165, 1.54) is 58.2 Å². The molecule has 0 radical (unpaired) electrons. The second-order valence-electron chi connectivity index (χ2n) is 7.16. The lowest BCUT2D eigenvalue weighted by Crippen LogP contribution is -2.55. The van der Waals surface area contributed by atoms with Gasteiger partial charge in [-0.15, -0.1) is 0 Å². The summed E-state index contributed by atoms with van der Waals surface area (Å²) < 4.78 is 11.8. The summed E-state index contributed by atoms with van der Waals surface area (Å²) in [4.78, 5) is 5.21. The lowest BCUT2D eigenvalue weighted by atomic mass is 9.81. The second-order valence-corrected chi connectivity index (χ2v) is 7.16. The van der Waals surface area contributed by atoms with Crippen molar-refractivity contribution in [2.45, 2.75) is 63.1 Å². The Bertz CT molecular complexity index is 323. The Hall–Kier alpha value is -0.160. The van der Waals surface area contributed by atoms with Crippen molar-refractivity contribution in [3.05, 3.63) is 0 Å². The molecule has 3 aliphatic heterocycles. The molecule has 4 nitrogen and oxygen atoms in total. The average Bonchev–Trinajstić information content (AvgIpc) is 2.53. The molecule has 3 heterocycles. The number of likely N-dealkylation sites (tertiary alicyclic amines) is 1. The molecular weight excluding hydrogens is 264 g/mol. The zero-order valence-corrected chi connectivity index (χ0v) is 13.9. The zero-order chi connectivity index (χ0) is 14.7. The van der Waals surface area contributed by atoms with Crippen molar-refractivity contribution < 1.29 is 9.47 Å². The first-order chi connectivity index (χ1) is 10.2. The van der Waals surface area contributed by atoms with Gasteiger partial charge < -0.3 is 14.4 Å². The predicted octanol–water partition coefficient (Wildman–Crippen LogP) is 2.13. The van der Waals surface area contributed by atoms with E-state index in [4.69, 9.17) is 9.47 Å². The highest BCUT2D eigenvalue weighted by Crippen LogP contribution is 2.37. The van der Waals surface area contributed by atoms with Crippen LogP contribution in [0, 0.1) is 0 Å². The Kier molecular flexibility index (Phi) is 5.20. The zero-order valence-electron chi connectivity index (χ0n) is 13.9. The molecule has 3 saturated heterocycles. The molecule has 21 heavy (non-hydrogen) atoms. The molecule has 0 bridgehead atoms. The fourth-order valence-corrected chi connectivity index (χ4v) is 4.49. The fourth-order valence-electron chi connectivity index (χ4n) is 4.49. The number of nitrogens with zero attached hydrogens (tertiary/aromatic N) is 2. The van der Waals surface area contributed by atoms with E-state index >= 15 is 0 Å². The van der Waals surface area contributed by atoms with Gasteiger partial charge in [0.05, 0.1) is 5.60 Å². The van der Waals surface area contributed by atoms with E-state index in [1.54, 1.807) is 0 Å². The molecule has 3 aliphatic rings. The highest BCUT2D eigenvalue weighted by molar-refractivity contribution is 4.95. The van der Waals surface area contributed by atoms with E-state index in [0.717, 1.165) is 31.9 Å². The van der Waals surface area contributed by atoms with Crippen molar-refractivity contribution in [2.75, 3.05) is 46.5 Å². The van der Waals surface area contributed by atoms with Crippen LogP contribution in [0.25, 0.3) is 0 Å². The van der Waals surface area contributed by atoms with Gasteiger partial charge in [0.25, 0.3) is 0 Å². The van der Waals surface area contributed by atoms with Gasteiger partial charge in [-0.2, -0.15) is 0 Å². The van der Waals surface area contributed by atoms with E-state index in [-0.39, 0.29) is 5.60 Å². The van der Waals surface area contributed by atoms with Crippen LogP contribution >= 0.6 is 0 Å². The van der Waals surface area contributed by atoms with Gasteiger partial charge in [-0.05, 0) is 52.1 Å². The van der Waals surface area contributed by atoms with Crippen LogP contribution in [0.2, 0.25) is 0 Å². The van der Waals surface area contributed by atoms with Gasteiger partial charge in [0.2, 0.25) is 0 Å². The Balaban J connectivity index is 1.63. The summed E-state index contributed by atoms with van der Waals surface area (Å²) in [6, 6.07) is 1.45. The van der Waals surface area contributed by atoms with E-state index in [0.29, 0.717) is 0 Å². The monoisotopic (exact) mass is 296 g/mol. The molecule has 3 fully saturated rings. The number of hydrogen-bond donors (Lipinski definition) is 0. The second kappa shape index (κ2) is 6.95. The van der Waals surface area contributed by atoms with Crippen molar-refractivity contribution >= 4 is 0 Å². The van der Waals surface area contributed by atoms with Crippen LogP contribution in [-0.4, -0.2) is 74.0 Å². The quantitative estimate of drug-likeness (QED) is 0.796. The molecule has 4 heteroatoms. The molecule has 1 spiro atoms. The van der Waals surface area contributed by atoms with Gasteiger partial charge in [-0.3, -0.25) is 4.90 Å². The maximum Gasteiger partial charge on any atom is 0.0721 e. The van der Waals surface area contributed by atoms with Crippen LogP contribution in [0.15, 0.2) is 0 Å². The first kappa shape index (κ1) is 15.7. The highest BCUT2D eigenvalue weighted by Gasteiger charge is 2.42. The summed E-state index contributed by atoms with van der Waals surface area (Å²) in [6.45, 7) is 8.72. The van der Waals surface area contributed by atoms with E-state index < -0.39 is 0 Å². The van der Waals surface area contributed by atoms with Gasteiger partial charge >= 0.3 is 0 Å². The Morgan fingerprint density at radius 1 is 1.05 bits per heavy atom. The van der Waals surface area contributed by atoms with Crippen molar-refractivity contribution in [3.8, 4) is 0 Å². The fraction of sp³-hybridized carbons (Fsp3) is 1.00. The Labute approximate surface area is 129 Å². The van der Waals surface area contributed by atoms with Crippen molar-refractivity contribution in [1.82, 2.24) is 9.80 Å². The minimum atomic E-state index is 0.175. The van der Waals surface area contributed by atoms with Gasteiger partial charge in [0.1, 0.15) is 0 Å². The van der Waals surface area contributed by atoms with E-state index in [2.05, 4.69) is 23.8 Å². The van der Waals surface area contributed by atoms with Crippen LogP contribution in [0.1, 0.15) is 45.4 Å². The molecule has 1 atom stereocenters. The first-order valence-electron chi connectivity index (χ1n) is 8.88. The van der Waals surface area contributed by atoms with Gasteiger partial charge in [0, 0.05) is 45.0 Å². The third kappa shape index (κ3) is 3.61. The lowest BCUT2D eigenvalue weighted by molar-refractivity contribution is -0.137. The summed E-state index contributed by atoms with van der Waals surface area (Å²) in [7, 11) is 2.23. The number of ether oxygens (including phenoxy) is 2. The molecule has 122 valence electrons. The largest absolute Gasteiger partial charge is 0.381 e. The van der Waals surface area contributed by atoms with Gasteiger partial charge in [-0.1, -0.05) is 6.92 Å². The topological polar surface area (TPSA) is 24.9 Å². The van der Waals surface area contributed by atoms with Crippen molar-refractivity contribution in [3.63, 3.8) is 0 Å². The molecule has 3 rings (SSSR count). The number of hydrogen-bond acceptors (Lipinski definition) is 4. The maximum atomic E-state index is 6.29. The maximum absolute atomic E-state index is 6.29. The minimum Gasteiger partial charge on any atom is -0.381 e. The summed E-state index contributed by atoms with van der Waals surface area (Å²) in [5, 5.41) is 0. The molecule has 0 aliphatic carbocycles. The van der Waals surface area contributed by atoms with Gasteiger partial charge in [0.15, 0.2) is 0 Å². The molecule has 0 aromatic rings. The van der Waals surface area contributed by atoms with Crippen molar-refractivity contribution in [2.24, 2.45) is 0 Å². The summed E-state index contributed by atoms with van der Waals surface area (Å²) in [5.41, 5.74) is 0.175. The molecule has 0 N–H and O–H groups in total. The van der Waals surface area contributed by atoms with Gasteiger partial charge in [-0.25, -0.2) is 0 Å². The molecule has 0 aromatic carbocycles. The summed E-state index contributed by atoms with van der Waals surface area (Å²) >= 11 is 0. The Morgan fingerprint density at radius 2 is 1.71 bits per heavy atom. The van der Waals surface area contributed by atoms with Crippen molar-refractivity contribution in [1.29, 1.82) is 0 Å². The molecular formula is C17H32N2O2. The lowest BCUT2D eigenvalue weighted by Gasteiger charge is -2.49. The SMILES string of the molecule is CCN(C1CCOCC1)C1CCOC2(CCN(C)CC2)C1. The standard InChI is InChI=1S/C17H32N2O2/c1-3-19(15-4-11-20-12-5-15)16-6-13-21-17(14-16)7-9-18(2)10-8-17/h15-16H,3-14H2,1-2H3. The van der Waals surface area contributed by atoms with E-state index in [1.807, 2.05) is 0 Å². The average molecular weight is 296 g/mol. The smallest absolute Gasteiger partial charge is 0.0721 e. The van der Waals surface area contributed by atoms with Crippen LogP contribution in [0.3, 0.4) is 0 Å². The summed E-state index contributed by atoms with van der Waals surface area (Å²) in [5.74, 6) is 0. The van der Waals surface area contributed by atoms with Crippen LogP contribution in [-0.2, 0) is 9.47 Å². The van der Waals surface area contributed by atoms with Crippen LogP contribution in [0.5, 0.6) is 0 Å². The highest BCUT2D eigenvalue weighted by atomic mass is 16.5. The van der Waals surface area contributed by atoms with Crippen LogP contribution < -0.4 is 0 Å². The summed E-state index contributed by atoms with van der Waals surface area (Å²) in [6.07, 6.45) is 7.30. The third-order valence-electron chi connectivity index (χ3n) is 5.86. The molecule has 1 unspecified atom stereocenters. The first-order valence-corrected chi connectivity index (χ1v) is 8.88. The minimum absolute atomic E-state index is 0.175. The number of piperidine rings is 1. The molecule has 0 saturated carbocycles. The van der Waals surface area contributed by atoms with E-state index in [9.17, 15) is 0 Å². The van der Waals surface area contributed by atoms with Crippen LogP contribution in [0.4, 0.5) is 0 Å². The predicted molar refractivity (Wildman–Crippen MR) is 84.7 cm³/mol. The third-order valence-corrected chi connectivity index (χ3v) is 5.86. The normalized spacial score (nSPS) is 31.9. The molecule has 0 amide bonds. The number of rotatable bonds is 3.